The van der Waals surface area contributed by atoms with Crippen molar-refractivity contribution in [3.05, 3.63) is 0 Å². The van der Waals surface area contributed by atoms with E-state index in [1.165, 1.54) is 26.2 Å². The molecule has 2 rings (SSSR count). The molecule has 2 heterocycles. The van der Waals surface area contributed by atoms with Crippen molar-refractivity contribution in [2.75, 3.05) is 33.2 Å². The van der Waals surface area contributed by atoms with Crippen LogP contribution in [0.5, 0.6) is 0 Å². The molecule has 0 unspecified atom stereocenters. The molecule has 52 valence electrons. The first-order chi connectivity index (χ1) is 4.36. The fourth-order valence-electron chi connectivity index (χ4n) is 2.23. The Morgan fingerprint density at radius 1 is 1.22 bits per heavy atom. The smallest absolute Gasteiger partial charge is 0.0801 e. The second-order valence-electron chi connectivity index (χ2n) is 3.50. The van der Waals surface area contributed by atoms with Crippen LogP contribution < -0.4 is 5.32 Å². The summed E-state index contributed by atoms with van der Waals surface area (Å²) in [6.07, 6.45) is 0. The third kappa shape index (κ3) is 0.864. The molecule has 2 N–H and O–H groups in total. The number of rotatable bonds is 0. The molecule has 0 aromatic carbocycles. The molecule has 0 aromatic rings. The Balaban J connectivity index is 2.02. The molecule has 0 amide bonds. The lowest BCUT2D eigenvalue weighted by molar-refractivity contribution is -0.640. The molecule has 2 saturated heterocycles. The second kappa shape index (κ2) is 1.96. The van der Waals surface area contributed by atoms with Crippen LogP contribution in [0.1, 0.15) is 0 Å². The Morgan fingerprint density at radius 3 is 2.33 bits per heavy atom. The summed E-state index contributed by atoms with van der Waals surface area (Å²) in [6.45, 7) is 5.46. The van der Waals surface area contributed by atoms with Crippen LogP contribution in [-0.4, -0.2) is 38.1 Å². The van der Waals surface area contributed by atoms with Gasteiger partial charge in [-0.25, -0.2) is 0 Å². The van der Waals surface area contributed by atoms with Crippen molar-refractivity contribution in [1.82, 2.24) is 4.90 Å². The van der Waals surface area contributed by atoms with Gasteiger partial charge in [-0.2, -0.15) is 0 Å². The van der Waals surface area contributed by atoms with Crippen LogP contribution >= 0.6 is 0 Å². The molecule has 2 nitrogen and oxygen atoms in total. The summed E-state index contributed by atoms with van der Waals surface area (Å²) in [5, 5.41) is 2.46. The maximum Gasteiger partial charge on any atom is 0.0801 e. The van der Waals surface area contributed by atoms with Crippen LogP contribution in [0.15, 0.2) is 0 Å². The van der Waals surface area contributed by atoms with E-state index in [0.717, 1.165) is 11.8 Å². The molecule has 0 aromatic heterocycles. The van der Waals surface area contributed by atoms with Crippen molar-refractivity contribution >= 4 is 0 Å². The third-order valence-corrected chi connectivity index (χ3v) is 2.70. The zero-order valence-corrected chi connectivity index (χ0v) is 6.01. The Hall–Kier alpha value is -0.0800. The lowest BCUT2D eigenvalue weighted by atomic mass is 10.0. The fourth-order valence-corrected chi connectivity index (χ4v) is 2.23. The van der Waals surface area contributed by atoms with Gasteiger partial charge in [-0.1, -0.05) is 0 Å². The van der Waals surface area contributed by atoms with Crippen molar-refractivity contribution in [2.45, 2.75) is 0 Å². The van der Waals surface area contributed by atoms with Gasteiger partial charge in [0.15, 0.2) is 0 Å². The monoisotopic (exact) mass is 127 g/mol. The molecule has 0 bridgehead atoms. The molecule has 0 radical (unpaired) electrons. The fraction of sp³-hybridized carbons (Fsp3) is 1.00. The molecular weight excluding hydrogens is 112 g/mol. The SMILES string of the molecule is CN1C[C@H]2C[NH2+]C[C@H]2C1. The minimum atomic E-state index is 1.02. The van der Waals surface area contributed by atoms with E-state index in [4.69, 9.17) is 0 Å². The van der Waals surface area contributed by atoms with Gasteiger partial charge in [0.05, 0.1) is 13.1 Å². The average molecular weight is 127 g/mol. The topological polar surface area (TPSA) is 19.9 Å². The highest BCUT2D eigenvalue weighted by atomic mass is 15.2. The van der Waals surface area contributed by atoms with Crippen molar-refractivity contribution in [3.63, 3.8) is 0 Å². The first-order valence-electron chi connectivity index (χ1n) is 3.86. The zero-order chi connectivity index (χ0) is 6.27. The van der Waals surface area contributed by atoms with E-state index in [9.17, 15) is 0 Å². The van der Waals surface area contributed by atoms with Gasteiger partial charge in [0.2, 0.25) is 0 Å². The first-order valence-corrected chi connectivity index (χ1v) is 3.86. The third-order valence-electron chi connectivity index (χ3n) is 2.70. The molecule has 2 aliphatic heterocycles. The highest BCUT2D eigenvalue weighted by molar-refractivity contribution is 4.83. The standard InChI is InChI=1S/C7H14N2/c1-9-4-6-2-8-3-7(6)5-9/h6-8H,2-5H2,1H3/p+1/t6-,7+. The number of quaternary nitrogens is 1. The number of fused-ring (bicyclic) bond motifs is 1. The number of likely N-dealkylation sites (tertiary alicyclic amines) is 1. The van der Waals surface area contributed by atoms with Crippen molar-refractivity contribution in [3.8, 4) is 0 Å². The van der Waals surface area contributed by atoms with Gasteiger partial charge < -0.3 is 10.2 Å². The number of hydrogen-bond donors (Lipinski definition) is 1. The molecule has 0 spiro atoms. The van der Waals surface area contributed by atoms with Crippen molar-refractivity contribution in [2.24, 2.45) is 11.8 Å². The minimum absolute atomic E-state index is 1.02. The summed E-state index contributed by atoms with van der Waals surface area (Å²) in [4.78, 5) is 2.46. The molecule has 9 heavy (non-hydrogen) atoms. The van der Waals surface area contributed by atoms with Gasteiger partial charge >= 0.3 is 0 Å². The van der Waals surface area contributed by atoms with E-state index in [1.54, 1.807) is 0 Å². The van der Waals surface area contributed by atoms with Gasteiger partial charge in [0.25, 0.3) is 0 Å². The lowest BCUT2D eigenvalue weighted by Crippen LogP contribution is -2.82. The van der Waals surface area contributed by atoms with Gasteiger partial charge in [0.1, 0.15) is 0 Å². The van der Waals surface area contributed by atoms with Crippen LogP contribution in [0.4, 0.5) is 0 Å². The normalized spacial score (nSPS) is 43.7. The lowest BCUT2D eigenvalue weighted by Gasteiger charge is -2.06. The molecular formula is C7H15N2+. The molecule has 2 heteroatoms. The molecule has 0 aliphatic carbocycles. The van der Waals surface area contributed by atoms with E-state index in [-0.39, 0.29) is 0 Å². The van der Waals surface area contributed by atoms with Gasteiger partial charge in [-0.3, -0.25) is 0 Å². The van der Waals surface area contributed by atoms with Gasteiger partial charge in [-0.05, 0) is 7.05 Å². The zero-order valence-electron chi connectivity index (χ0n) is 6.01. The second-order valence-corrected chi connectivity index (χ2v) is 3.50. The Bertz CT molecular complexity index is 101. The van der Waals surface area contributed by atoms with Gasteiger partial charge in [-0.15, -0.1) is 0 Å². The van der Waals surface area contributed by atoms with Crippen LogP contribution in [0.2, 0.25) is 0 Å². The summed E-state index contributed by atoms with van der Waals surface area (Å²) in [5.74, 6) is 2.05. The van der Waals surface area contributed by atoms with Crippen LogP contribution in [0.3, 0.4) is 0 Å². The minimum Gasteiger partial charge on any atom is -0.346 e. The van der Waals surface area contributed by atoms with E-state index in [1.807, 2.05) is 0 Å². The largest absolute Gasteiger partial charge is 0.346 e. The predicted molar refractivity (Wildman–Crippen MR) is 36.1 cm³/mol. The number of hydrogen-bond acceptors (Lipinski definition) is 1. The van der Waals surface area contributed by atoms with Crippen LogP contribution in [0.25, 0.3) is 0 Å². The Labute approximate surface area is 56.2 Å². The maximum absolute atomic E-state index is 2.46. The quantitative estimate of drug-likeness (QED) is 0.430. The Morgan fingerprint density at radius 2 is 1.78 bits per heavy atom. The number of nitrogens with two attached hydrogens (primary N) is 1. The number of nitrogens with zero attached hydrogens (tertiary/aromatic N) is 1. The van der Waals surface area contributed by atoms with E-state index in [0.29, 0.717) is 0 Å². The van der Waals surface area contributed by atoms with E-state index in [2.05, 4.69) is 17.3 Å². The van der Waals surface area contributed by atoms with Crippen molar-refractivity contribution < 1.29 is 5.32 Å². The molecule has 0 saturated carbocycles. The highest BCUT2D eigenvalue weighted by Gasteiger charge is 2.37. The summed E-state index contributed by atoms with van der Waals surface area (Å²) < 4.78 is 0. The molecule has 2 fully saturated rings. The summed E-state index contributed by atoms with van der Waals surface area (Å²) in [7, 11) is 2.23. The summed E-state index contributed by atoms with van der Waals surface area (Å²) in [5.41, 5.74) is 0. The summed E-state index contributed by atoms with van der Waals surface area (Å²) in [6, 6.07) is 0. The van der Waals surface area contributed by atoms with Gasteiger partial charge in [0, 0.05) is 24.9 Å². The Kier molecular flexibility index (Phi) is 1.24. The maximum atomic E-state index is 2.46. The van der Waals surface area contributed by atoms with E-state index >= 15 is 0 Å². The first kappa shape index (κ1) is 5.69. The predicted octanol–water partition coefficient (Wildman–Crippen LogP) is -1.26. The van der Waals surface area contributed by atoms with E-state index < -0.39 is 0 Å². The van der Waals surface area contributed by atoms with Crippen molar-refractivity contribution in [1.29, 1.82) is 0 Å². The summed E-state index contributed by atoms with van der Waals surface area (Å²) >= 11 is 0. The highest BCUT2D eigenvalue weighted by Crippen LogP contribution is 2.21. The molecule has 2 aliphatic rings. The van der Waals surface area contributed by atoms with Crippen LogP contribution in [-0.2, 0) is 0 Å². The van der Waals surface area contributed by atoms with Crippen LogP contribution in [0, 0.1) is 11.8 Å². The average Bonchev–Trinajstić information content (AvgIpc) is 2.22. The molecule has 2 atom stereocenters.